The minimum atomic E-state index is -5.38. The number of halogens is 3. The first kappa shape index (κ1) is 25.4. The Labute approximate surface area is 207 Å². The third-order valence-corrected chi connectivity index (χ3v) is 5.67. The summed E-state index contributed by atoms with van der Waals surface area (Å²) in [6, 6.07) is 17.1. The lowest BCUT2D eigenvalue weighted by atomic mass is 10.1. The molecule has 4 aromatic rings. The van der Waals surface area contributed by atoms with Gasteiger partial charge in [0, 0.05) is 34.3 Å². The maximum atomic E-state index is 12.9. The molecule has 0 aliphatic carbocycles. The predicted octanol–water partition coefficient (Wildman–Crippen LogP) is 6.12. The van der Waals surface area contributed by atoms with Crippen molar-refractivity contribution in [3.05, 3.63) is 93.8 Å². The molecule has 0 aliphatic heterocycles. The summed E-state index contributed by atoms with van der Waals surface area (Å²) in [4.78, 5) is 49.0. The number of carbonyl (C=O) groups is 3. The number of rotatable bonds is 6. The maximum Gasteiger partial charge on any atom is 0.455 e. The maximum absolute atomic E-state index is 12.9. The molecule has 0 unspecified atom stereocenters. The summed E-state index contributed by atoms with van der Waals surface area (Å²) in [5, 5.41) is 10.1. The standard InChI is InChI=1S/C27H18F3NO6/c1-14(32)16-3-7-18(8-4-16)31(19-9-5-17(6-10-19)15(2)33)20-11-12-21-22(13-20)37-26(36)23(24(21)34)25(35)27(28,29)30/h3-13,34H,1-2H3. The number of alkyl halides is 3. The van der Waals surface area contributed by atoms with Crippen molar-refractivity contribution in [3.63, 3.8) is 0 Å². The van der Waals surface area contributed by atoms with Crippen LogP contribution in [0.3, 0.4) is 0 Å². The molecule has 0 saturated carbocycles. The van der Waals surface area contributed by atoms with E-state index in [0.29, 0.717) is 28.2 Å². The van der Waals surface area contributed by atoms with Crippen LogP contribution in [0.4, 0.5) is 30.2 Å². The summed E-state index contributed by atoms with van der Waals surface area (Å²) < 4.78 is 43.7. The van der Waals surface area contributed by atoms with Gasteiger partial charge in [0.2, 0.25) is 0 Å². The SMILES string of the molecule is CC(=O)c1ccc(N(c2ccc(C(C)=O)cc2)c2ccc3c(O)c(C(=O)C(F)(F)F)c(=O)oc3c2)cc1. The van der Waals surface area contributed by atoms with E-state index < -0.39 is 28.9 Å². The molecule has 0 aliphatic rings. The molecule has 0 fully saturated rings. The Morgan fingerprint density at radius 3 is 1.68 bits per heavy atom. The molecule has 188 valence electrons. The summed E-state index contributed by atoms with van der Waals surface area (Å²) >= 11 is 0. The Balaban J connectivity index is 1.90. The fraction of sp³-hybridized carbons (Fsp3) is 0.111. The van der Waals surface area contributed by atoms with E-state index in [1.54, 1.807) is 53.4 Å². The lowest BCUT2D eigenvalue weighted by molar-refractivity contribution is -0.0888. The lowest BCUT2D eigenvalue weighted by Gasteiger charge is -2.26. The van der Waals surface area contributed by atoms with Gasteiger partial charge < -0.3 is 14.4 Å². The third kappa shape index (κ3) is 4.86. The zero-order chi connectivity index (χ0) is 27.1. The number of Topliss-reactive ketones (excluding diaryl/α,β-unsaturated/α-hetero) is 3. The van der Waals surface area contributed by atoms with E-state index in [9.17, 15) is 37.5 Å². The number of fused-ring (bicyclic) bond motifs is 1. The molecular formula is C27H18F3NO6. The second kappa shape index (κ2) is 9.38. The van der Waals surface area contributed by atoms with Crippen molar-refractivity contribution in [2.45, 2.75) is 20.0 Å². The number of anilines is 3. The molecule has 0 saturated heterocycles. The number of ketones is 3. The van der Waals surface area contributed by atoms with Gasteiger partial charge in [-0.1, -0.05) is 0 Å². The van der Waals surface area contributed by atoms with Gasteiger partial charge in [-0.2, -0.15) is 13.2 Å². The molecule has 0 spiro atoms. The number of carbonyl (C=O) groups excluding carboxylic acids is 3. The minimum Gasteiger partial charge on any atom is -0.506 e. The number of aromatic hydroxyl groups is 1. The van der Waals surface area contributed by atoms with Crippen LogP contribution in [0.1, 0.15) is 44.9 Å². The molecule has 4 rings (SSSR count). The van der Waals surface area contributed by atoms with E-state index in [1.807, 2.05) is 0 Å². The quantitative estimate of drug-likeness (QED) is 0.247. The highest BCUT2D eigenvalue weighted by Crippen LogP contribution is 2.38. The summed E-state index contributed by atoms with van der Waals surface area (Å²) in [5.41, 5.74) is -0.956. The zero-order valence-electron chi connectivity index (χ0n) is 19.4. The molecule has 10 heteroatoms. The van der Waals surface area contributed by atoms with Crippen molar-refractivity contribution in [1.29, 1.82) is 0 Å². The van der Waals surface area contributed by atoms with Gasteiger partial charge in [-0.3, -0.25) is 14.4 Å². The highest BCUT2D eigenvalue weighted by Gasteiger charge is 2.43. The van der Waals surface area contributed by atoms with Gasteiger partial charge >= 0.3 is 11.8 Å². The lowest BCUT2D eigenvalue weighted by Crippen LogP contribution is -2.28. The van der Waals surface area contributed by atoms with Gasteiger partial charge in [-0.05, 0) is 74.5 Å². The van der Waals surface area contributed by atoms with Crippen molar-refractivity contribution < 1.29 is 37.1 Å². The average molecular weight is 509 g/mol. The van der Waals surface area contributed by atoms with Gasteiger partial charge in [-0.25, -0.2) is 4.79 Å². The van der Waals surface area contributed by atoms with E-state index in [-0.39, 0.29) is 22.5 Å². The largest absolute Gasteiger partial charge is 0.506 e. The first-order chi connectivity index (χ1) is 17.4. The van der Waals surface area contributed by atoms with E-state index in [0.717, 1.165) is 0 Å². The van der Waals surface area contributed by atoms with E-state index in [2.05, 4.69) is 0 Å². The molecular weight excluding hydrogens is 491 g/mol. The molecule has 3 aromatic carbocycles. The highest BCUT2D eigenvalue weighted by molar-refractivity contribution is 6.06. The zero-order valence-corrected chi connectivity index (χ0v) is 19.4. The van der Waals surface area contributed by atoms with Crippen LogP contribution in [0.5, 0.6) is 5.75 Å². The van der Waals surface area contributed by atoms with Gasteiger partial charge in [0.05, 0.1) is 5.39 Å². The van der Waals surface area contributed by atoms with Crippen molar-refractivity contribution in [1.82, 2.24) is 0 Å². The van der Waals surface area contributed by atoms with Gasteiger partial charge in [0.15, 0.2) is 17.1 Å². The third-order valence-electron chi connectivity index (χ3n) is 5.67. The molecule has 1 N–H and O–H groups in total. The molecule has 0 atom stereocenters. The second-order valence-corrected chi connectivity index (χ2v) is 8.16. The first-order valence-corrected chi connectivity index (χ1v) is 10.8. The van der Waals surface area contributed by atoms with Gasteiger partial charge in [0.25, 0.3) is 5.78 Å². The van der Waals surface area contributed by atoms with Crippen molar-refractivity contribution >= 4 is 45.4 Å². The molecule has 0 bridgehead atoms. The Morgan fingerprint density at radius 2 is 1.24 bits per heavy atom. The smallest absolute Gasteiger partial charge is 0.455 e. The topological polar surface area (TPSA) is 105 Å². The van der Waals surface area contributed by atoms with E-state index in [1.165, 1.54) is 32.0 Å². The number of benzene rings is 3. The van der Waals surface area contributed by atoms with Crippen LogP contribution < -0.4 is 10.5 Å². The van der Waals surface area contributed by atoms with Crippen LogP contribution in [0.15, 0.2) is 75.9 Å². The van der Waals surface area contributed by atoms with E-state index >= 15 is 0 Å². The van der Waals surface area contributed by atoms with Crippen LogP contribution in [0, 0.1) is 0 Å². The molecule has 37 heavy (non-hydrogen) atoms. The van der Waals surface area contributed by atoms with Gasteiger partial charge in [-0.15, -0.1) is 0 Å². The summed E-state index contributed by atoms with van der Waals surface area (Å²) in [5.74, 6) is -3.93. The number of hydrogen-bond acceptors (Lipinski definition) is 7. The summed E-state index contributed by atoms with van der Waals surface area (Å²) in [7, 11) is 0. The van der Waals surface area contributed by atoms with Crippen LogP contribution in [0.25, 0.3) is 11.0 Å². The predicted molar refractivity (Wildman–Crippen MR) is 129 cm³/mol. The molecule has 1 aromatic heterocycles. The van der Waals surface area contributed by atoms with Crippen LogP contribution in [0.2, 0.25) is 0 Å². The summed E-state index contributed by atoms with van der Waals surface area (Å²) in [6.07, 6.45) is -5.38. The molecule has 0 radical (unpaired) electrons. The second-order valence-electron chi connectivity index (χ2n) is 8.16. The normalized spacial score (nSPS) is 11.4. The molecule has 0 amide bonds. The Kier molecular flexibility index (Phi) is 6.43. The van der Waals surface area contributed by atoms with Crippen LogP contribution in [-0.4, -0.2) is 28.6 Å². The van der Waals surface area contributed by atoms with Gasteiger partial charge in [0.1, 0.15) is 11.3 Å². The Hall–Kier alpha value is -4.73. The number of hydrogen-bond donors (Lipinski definition) is 1. The minimum absolute atomic E-state index is 0.143. The highest BCUT2D eigenvalue weighted by atomic mass is 19.4. The van der Waals surface area contributed by atoms with Crippen molar-refractivity contribution in [2.75, 3.05) is 4.90 Å². The van der Waals surface area contributed by atoms with E-state index in [4.69, 9.17) is 4.42 Å². The fourth-order valence-corrected chi connectivity index (χ4v) is 3.79. The number of nitrogens with zero attached hydrogens (tertiary/aromatic N) is 1. The average Bonchev–Trinajstić information content (AvgIpc) is 2.84. The Bertz CT molecular complexity index is 1550. The van der Waals surface area contributed by atoms with Crippen molar-refractivity contribution in [3.8, 4) is 5.75 Å². The van der Waals surface area contributed by atoms with Crippen molar-refractivity contribution in [2.24, 2.45) is 0 Å². The Morgan fingerprint density at radius 1 is 0.784 bits per heavy atom. The summed E-state index contributed by atoms with van der Waals surface area (Å²) in [6.45, 7) is 2.84. The van der Waals surface area contributed by atoms with Crippen LogP contribution >= 0.6 is 0 Å². The first-order valence-electron chi connectivity index (χ1n) is 10.8. The van der Waals surface area contributed by atoms with Crippen LogP contribution in [-0.2, 0) is 0 Å². The molecule has 7 nitrogen and oxygen atoms in total. The monoisotopic (exact) mass is 509 g/mol. The molecule has 1 heterocycles. The fourth-order valence-electron chi connectivity index (χ4n) is 3.79.